The van der Waals surface area contributed by atoms with Crippen LogP contribution in [0.4, 0.5) is 4.79 Å². The molecule has 5 nitrogen and oxygen atoms in total. The average Bonchev–Trinajstić information content (AvgIpc) is 1.25. The normalized spacial score (nSPS) is 5.00. The van der Waals surface area contributed by atoms with E-state index in [2.05, 4.69) is 0 Å². The van der Waals surface area contributed by atoms with Crippen LogP contribution in [-0.4, -0.2) is 55.2 Å². The van der Waals surface area contributed by atoms with Crippen LogP contribution in [0.2, 0.25) is 0 Å². The standard InChI is InChI=1S/C3H6O.CH2O3.Ca.H2O/c1-3(2)4;2-1(3)4;;/h1-2H3;(H2,2,3,4);;1H2/q;;+2;/p-2. The summed E-state index contributed by atoms with van der Waals surface area (Å²) in [7, 11) is 0. The predicted molar refractivity (Wildman–Crippen MR) is 31.1 cm³/mol. The Morgan fingerprint density at radius 1 is 1.10 bits per heavy atom. The molecule has 0 bridgehead atoms. The molecule has 0 heterocycles. The summed E-state index contributed by atoms with van der Waals surface area (Å²) in [5, 5.41) is 16.7. The van der Waals surface area contributed by atoms with Gasteiger partial charge >= 0.3 is 37.7 Å². The van der Waals surface area contributed by atoms with Gasteiger partial charge in [-0.25, -0.2) is 0 Å². The van der Waals surface area contributed by atoms with Crippen molar-refractivity contribution in [2.24, 2.45) is 0 Å². The van der Waals surface area contributed by atoms with E-state index in [1.54, 1.807) is 0 Å². The molecule has 0 aliphatic rings. The van der Waals surface area contributed by atoms with Gasteiger partial charge in [0.1, 0.15) is 5.78 Å². The first-order chi connectivity index (χ1) is 3.46. The fourth-order valence-corrected chi connectivity index (χ4v) is 0. The third-order valence-electron chi connectivity index (χ3n) is 0. The molecule has 0 amide bonds. The fourth-order valence-electron chi connectivity index (χ4n) is 0. The van der Waals surface area contributed by atoms with Crippen molar-refractivity contribution in [3.8, 4) is 0 Å². The van der Waals surface area contributed by atoms with Crippen LogP contribution in [0.5, 0.6) is 0 Å². The molecule has 56 valence electrons. The Hall–Kier alpha value is 0.160. The van der Waals surface area contributed by atoms with Crippen molar-refractivity contribution in [1.82, 2.24) is 0 Å². The third kappa shape index (κ3) is 16400. The Bertz CT molecular complexity index is 71.6. The second kappa shape index (κ2) is 16.1. The number of carboxylic acid groups (broad SMARTS) is 2. The van der Waals surface area contributed by atoms with Crippen molar-refractivity contribution in [2.45, 2.75) is 13.8 Å². The zero-order valence-corrected chi connectivity index (χ0v) is 8.05. The van der Waals surface area contributed by atoms with E-state index in [0.29, 0.717) is 0 Å². The molecule has 0 rings (SSSR count). The van der Waals surface area contributed by atoms with Crippen LogP contribution in [0.1, 0.15) is 13.8 Å². The smallest absolute Gasteiger partial charge is 0.652 e. The van der Waals surface area contributed by atoms with Gasteiger partial charge in [-0.1, -0.05) is 0 Å². The van der Waals surface area contributed by atoms with E-state index < -0.39 is 6.16 Å². The molecule has 0 atom stereocenters. The Balaban J connectivity index is -0.0000000300. The third-order valence-corrected chi connectivity index (χ3v) is 0. The number of Topliss-reactive ketones (excluding diaryl/α,β-unsaturated/α-hetero) is 1. The predicted octanol–water partition coefficient (Wildman–Crippen LogP) is -3.06. The van der Waals surface area contributed by atoms with E-state index in [-0.39, 0.29) is 49.0 Å². The van der Waals surface area contributed by atoms with Crippen LogP contribution < -0.4 is 10.2 Å². The largest absolute Gasteiger partial charge is 2.00 e. The van der Waals surface area contributed by atoms with Gasteiger partial charge in [-0.3, -0.25) is 0 Å². The molecule has 0 spiro atoms. The number of carbonyl (C=O) groups excluding carboxylic acids is 2. The molecule has 0 aliphatic heterocycles. The maximum Gasteiger partial charge on any atom is 2.00 e. The summed E-state index contributed by atoms with van der Waals surface area (Å²) >= 11 is 0. The van der Waals surface area contributed by atoms with Gasteiger partial charge in [0.15, 0.2) is 0 Å². The minimum absolute atomic E-state index is 0. The van der Waals surface area contributed by atoms with Gasteiger partial charge in [-0.05, 0) is 20.0 Å². The molecular weight excluding hydrogens is 168 g/mol. The van der Waals surface area contributed by atoms with Crippen LogP contribution in [0, 0.1) is 0 Å². The van der Waals surface area contributed by atoms with Crippen molar-refractivity contribution >= 4 is 49.7 Å². The Kier molecular flexibility index (Phi) is 36.1. The van der Waals surface area contributed by atoms with E-state index >= 15 is 0 Å². The van der Waals surface area contributed by atoms with Crippen LogP contribution in [0.15, 0.2) is 0 Å². The van der Waals surface area contributed by atoms with Gasteiger partial charge < -0.3 is 25.3 Å². The van der Waals surface area contributed by atoms with Gasteiger partial charge in [0.05, 0.1) is 0 Å². The molecule has 0 aliphatic carbocycles. The quantitative estimate of drug-likeness (QED) is 0.365. The first-order valence-electron chi connectivity index (χ1n) is 1.82. The maximum atomic E-state index is 9.44. The summed E-state index contributed by atoms with van der Waals surface area (Å²) in [6.45, 7) is 3.06. The van der Waals surface area contributed by atoms with Crippen LogP contribution in [0.3, 0.4) is 0 Å². The number of hydrogen-bond acceptors (Lipinski definition) is 4. The van der Waals surface area contributed by atoms with Crippen LogP contribution >= 0.6 is 0 Å². The number of ketones is 1. The Morgan fingerprint density at radius 2 is 1.10 bits per heavy atom. The van der Waals surface area contributed by atoms with Gasteiger partial charge in [-0.2, -0.15) is 0 Å². The van der Waals surface area contributed by atoms with Gasteiger partial charge in [-0.15, -0.1) is 0 Å². The number of carbonyl (C=O) groups is 2. The summed E-state index contributed by atoms with van der Waals surface area (Å²) in [5.41, 5.74) is 0. The molecule has 0 fully saturated rings. The number of hydrogen-bond donors (Lipinski definition) is 0. The number of rotatable bonds is 0. The molecule has 0 saturated heterocycles. The SMILES string of the molecule is CC(C)=O.O.O=C([O-])[O-].[Ca+2]. The van der Waals surface area contributed by atoms with E-state index in [9.17, 15) is 4.79 Å². The minimum atomic E-state index is -2.33. The van der Waals surface area contributed by atoms with Gasteiger partial charge in [0.25, 0.3) is 0 Å². The molecule has 2 N–H and O–H groups in total. The molecule has 0 aromatic carbocycles. The van der Waals surface area contributed by atoms with Crippen molar-refractivity contribution in [2.75, 3.05) is 0 Å². The van der Waals surface area contributed by atoms with E-state index in [0.717, 1.165) is 0 Å². The topological polar surface area (TPSA) is 112 Å². The van der Waals surface area contributed by atoms with E-state index in [1.165, 1.54) is 13.8 Å². The molecular formula is C4H8CaO5. The molecule has 0 aromatic rings. The Labute approximate surface area is 88.3 Å². The average molecular weight is 176 g/mol. The summed E-state index contributed by atoms with van der Waals surface area (Å²) in [4.78, 5) is 17.8. The fraction of sp³-hybridized carbons (Fsp3) is 0.500. The molecule has 0 unspecified atom stereocenters. The zero-order chi connectivity index (χ0) is 7.15. The van der Waals surface area contributed by atoms with E-state index in [4.69, 9.17) is 15.0 Å². The first-order valence-corrected chi connectivity index (χ1v) is 1.82. The summed E-state index contributed by atoms with van der Waals surface area (Å²) in [5.74, 6) is 0.167. The monoisotopic (exact) mass is 176 g/mol. The van der Waals surface area contributed by atoms with Gasteiger partial charge in [0, 0.05) is 0 Å². The molecule has 0 aromatic heterocycles. The van der Waals surface area contributed by atoms with Crippen molar-refractivity contribution in [3.63, 3.8) is 0 Å². The first kappa shape index (κ1) is 22.5. The van der Waals surface area contributed by atoms with E-state index in [1.807, 2.05) is 0 Å². The van der Waals surface area contributed by atoms with Crippen LogP contribution in [-0.2, 0) is 4.79 Å². The molecule has 0 radical (unpaired) electrons. The summed E-state index contributed by atoms with van der Waals surface area (Å²) in [6, 6.07) is 0. The second-order valence-electron chi connectivity index (χ2n) is 1.16. The van der Waals surface area contributed by atoms with Gasteiger partial charge in [0.2, 0.25) is 0 Å². The maximum absolute atomic E-state index is 9.44. The van der Waals surface area contributed by atoms with Crippen molar-refractivity contribution in [3.05, 3.63) is 0 Å². The molecule has 0 saturated carbocycles. The second-order valence-corrected chi connectivity index (χ2v) is 1.16. The minimum Gasteiger partial charge on any atom is -0.652 e. The Morgan fingerprint density at radius 3 is 1.10 bits per heavy atom. The molecule has 6 heteroatoms. The van der Waals surface area contributed by atoms with Crippen molar-refractivity contribution in [1.29, 1.82) is 0 Å². The van der Waals surface area contributed by atoms with Crippen molar-refractivity contribution < 1.29 is 25.3 Å². The molecule has 10 heavy (non-hydrogen) atoms. The summed E-state index contributed by atoms with van der Waals surface area (Å²) < 4.78 is 0. The summed E-state index contributed by atoms with van der Waals surface area (Å²) in [6.07, 6.45) is -2.33. The van der Waals surface area contributed by atoms with Crippen LogP contribution in [0.25, 0.3) is 0 Å². The zero-order valence-electron chi connectivity index (χ0n) is 5.84.